The van der Waals surface area contributed by atoms with Crippen molar-refractivity contribution < 1.29 is 14.4 Å². The van der Waals surface area contributed by atoms with Crippen LogP contribution in [0.3, 0.4) is 0 Å². The fraction of sp³-hybridized carbons (Fsp3) is 0.364. The summed E-state index contributed by atoms with van der Waals surface area (Å²) in [6, 6.07) is 15.7. The molecular formula is C22H28N2O3. The summed E-state index contributed by atoms with van der Waals surface area (Å²) in [6.45, 7) is 2.55. The molecular weight excluding hydrogens is 340 g/mol. The van der Waals surface area contributed by atoms with Crippen molar-refractivity contribution in [1.82, 2.24) is 5.32 Å². The van der Waals surface area contributed by atoms with Gasteiger partial charge in [0.1, 0.15) is 19.5 Å². The number of nitrogens with one attached hydrogen (secondary N) is 1. The van der Waals surface area contributed by atoms with E-state index in [9.17, 15) is 4.79 Å². The number of likely N-dealkylation sites (N-methyl/N-ethyl adjacent to an activating group) is 1. The molecule has 27 heavy (non-hydrogen) atoms. The highest BCUT2D eigenvalue weighted by molar-refractivity contribution is 6.45. The molecule has 0 aliphatic rings. The molecule has 2 aromatic rings. The molecule has 1 amide bonds. The van der Waals surface area contributed by atoms with Crippen molar-refractivity contribution in [3.63, 3.8) is 0 Å². The standard InChI is InChI=1S/C22H28N2O3/c1-4-5-6-11-17-12-8-10-15-20(17)27-16-18-13-7-9-14-19(18)21(24-26-3)22(25)23-2/h7-10,12-15H,4-6,11,16H2,1-3H3,(H,23,25)/b24-21-. The summed E-state index contributed by atoms with van der Waals surface area (Å²) >= 11 is 0. The third-order valence-corrected chi connectivity index (χ3v) is 4.30. The highest BCUT2D eigenvalue weighted by atomic mass is 16.6. The number of hydrogen-bond donors (Lipinski definition) is 1. The summed E-state index contributed by atoms with van der Waals surface area (Å²) < 4.78 is 6.11. The predicted molar refractivity (Wildman–Crippen MR) is 108 cm³/mol. The molecule has 0 aliphatic heterocycles. The van der Waals surface area contributed by atoms with Gasteiger partial charge < -0.3 is 14.9 Å². The van der Waals surface area contributed by atoms with Gasteiger partial charge in [-0.25, -0.2) is 0 Å². The molecule has 0 bridgehead atoms. The number of amides is 1. The number of carbonyl (C=O) groups excluding carboxylic acids is 1. The molecule has 144 valence electrons. The fourth-order valence-corrected chi connectivity index (χ4v) is 2.87. The zero-order valence-corrected chi connectivity index (χ0v) is 16.3. The lowest BCUT2D eigenvalue weighted by Crippen LogP contribution is -2.29. The molecule has 0 aliphatic carbocycles. The molecule has 5 heteroatoms. The van der Waals surface area contributed by atoms with Crippen molar-refractivity contribution in [2.75, 3.05) is 14.2 Å². The van der Waals surface area contributed by atoms with Gasteiger partial charge in [-0.3, -0.25) is 4.79 Å². The number of rotatable bonds is 10. The van der Waals surface area contributed by atoms with Gasteiger partial charge in [0.25, 0.3) is 5.91 Å². The van der Waals surface area contributed by atoms with Crippen molar-refractivity contribution in [3.8, 4) is 5.75 Å². The maximum Gasteiger partial charge on any atom is 0.273 e. The van der Waals surface area contributed by atoms with Gasteiger partial charge in [-0.1, -0.05) is 67.4 Å². The van der Waals surface area contributed by atoms with Crippen molar-refractivity contribution in [2.24, 2.45) is 5.16 Å². The Kier molecular flexibility index (Phi) is 8.36. The van der Waals surface area contributed by atoms with E-state index < -0.39 is 0 Å². The summed E-state index contributed by atoms with van der Waals surface area (Å²) in [6.07, 6.45) is 4.55. The number of ether oxygens (including phenoxy) is 1. The first-order chi connectivity index (χ1) is 13.2. The van der Waals surface area contributed by atoms with E-state index in [1.807, 2.05) is 42.5 Å². The van der Waals surface area contributed by atoms with Crippen molar-refractivity contribution in [1.29, 1.82) is 0 Å². The predicted octanol–water partition coefficient (Wildman–Crippen LogP) is 4.09. The maximum absolute atomic E-state index is 12.2. The zero-order valence-electron chi connectivity index (χ0n) is 16.3. The molecule has 0 spiro atoms. The minimum absolute atomic E-state index is 0.232. The third-order valence-electron chi connectivity index (χ3n) is 4.30. The van der Waals surface area contributed by atoms with E-state index in [-0.39, 0.29) is 11.6 Å². The number of aryl methyl sites for hydroxylation is 1. The van der Waals surface area contributed by atoms with Gasteiger partial charge in [-0.15, -0.1) is 0 Å². The van der Waals surface area contributed by atoms with E-state index in [4.69, 9.17) is 9.57 Å². The van der Waals surface area contributed by atoms with Crippen LogP contribution in [-0.2, 0) is 22.7 Å². The van der Waals surface area contributed by atoms with Gasteiger partial charge >= 0.3 is 0 Å². The molecule has 2 rings (SSSR count). The first kappa shape index (κ1) is 20.5. The van der Waals surface area contributed by atoms with E-state index >= 15 is 0 Å². The van der Waals surface area contributed by atoms with Crippen molar-refractivity contribution in [2.45, 2.75) is 39.2 Å². The largest absolute Gasteiger partial charge is 0.489 e. The summed E-state index contributed by atoms with van der Waals surface area (Å²) in [4.78, 5) is 17.0. The van der Waals surface area contributed by atoms with E-state index in [2.05, 4.69) is 23.5 Å². The smallest absolute Gasteiger partial charge is 0.273 e. The number of unbranched alkanes of at least 4 members (excludes halogenated alkanes) is 2. The van der Waals surface area contributed by atoms with Gasteiger partial charge in [-0.2, -0.15) is 0 Å². The lowest BCUT2D eigenvalue weighted by molar-refractivity contribution is -0.114. The van der Waals surface area contributed by atoms with Crippen molar-refractivity contribution >= 4 is 11.6 Å². The Balaban J connectivity index is 2.20. The highest BCUT2D eigenvalue weighted by Crippen LogP contribution is 2.22. The summed E-state index contributed by atoms with van der Waals surface area (Å²) in [5, 5.41) is 6.49. The fourth-order valence-electron chi connectivity index (χ4n) is 2.87. The van der Waals surface area contributed by atoms with Gasteiger partial charge in [0.15, 0.2) is 5.71 Å². The van der Waals surface area contributed by atoms with Gasteiger partial charge in [-0.05, 0) is 30.0 Å². The first-order valence-corrected chi connectivity index (χ1v) is 9.33. The van der Waals surface area contributed by atoms with Crippen LogP contribution < -0.4 is 10.1 Å². The number of nitrogens with zero attached hydrogens (tertiary/aromatic N) is 1. The third kappa shape index (κ3) is 5.84. The van der Waals surface area contributed by atoms with Crippen LogP contribution >= 0.6 is 0 Å². The lowest BCUT2D eigenvalue weighted by atomic mass is 10.0. The van der Waals surface area contributed by atoms with E-state index in [1.54, 1.807) is 7.05 Å². The van der Waals surface area contributed by atoms with Crippen LogP contribution in [0.4, 0.5) is 0 Å². The number of para-hydroxylation sites is 1. The average molecular weight is 368 g/mol. The van der Waals surface area contributed by atoms with Crippen LogP contribution in [0.5, 0.6) is 5.75 Å². The van der Waals surface area contributed by atoms with Crippen LogP contribution in [0, 0.1) is 0 Å². The van der Waals surface area contributed by atoms with E-state index in [1.165, 1.54) is 25.5 Å². The van der Waals surface area contributed by atoms with Gasteiger partial charge in [0.05, 0.1) is 0 Å². The molecule has 0 heterocycles. The molecule has 0 saturated heterocycles. The summed E-state index contributed by atoms with van der Waals surface area (Å²) in [7, 11) is 2.99. The van der Waals surface area contributed by atoms with Crippen LogP contribution in [0.2, 0.25) is 0 Å². The van der Waals surface area contributed by atoms with Crippen LogP contribution in [0.1, 0.15) is 42.9 Å². The highest BCUT2D eigenvalue weighted by Gasteiger charge is 2.17. The molecule has 1 N–H and O–H groups in total. The number of carbonyl (C=O) groups is 1. The second kappa shape index (κ2) is 11.0. The molecule has 0 radical (unpaired) electrons. The van der Waals surface area contributed by atoms with Gasteiger partial charge in [0, 0.05) is 12.6 Å². The number of oxime groups is 1. The number of benzene rings is 2. The monoisotopic (exact) mass is 368 g/mol. The average Bonchev–Trinajstić information content (AvgIpc) is 2.71. The molecule has 0 aromatic heterocycles. The molecule has 2 aromatic carbocycles. The topological polar surface area (TPSA) is 59.9 Å². The summed E-state index contributed by atoms with van der Waals surface area (Å²) in [5.74, 6) is 0.581. The van der Waals surface area contributed by atoms with E-state index in [0.29, 0.717) is 12.2 Å². The second-order valence-corrected chi connectivity index (χ2v) is 6.21. The first-order valence-electron chi connectivity index (χ1n) is 9.33. The number of hydrogen-bond acceptors (Lipinski definition) is 4. The minimum Gasteiger partial charge on any atom is -0.489 e. The zero-order chi connectivity index (χ0) is 19.5. The minimum atomic E-state index is -0.302. The molecule has 0 saturated carbocycles. The molecule has 0 unspecified atom stereocenters. The van der Waals surface area contributed by atoms with Crippen LogP contribution in [0.15, 0.2) is 53.7 Å². The molecule has 5 nitrogen and oxygen atoms in total. The Labute approximate surface area is 161 Å². The Morgan fingerprint density at radius 2 is 1.74 bits per heavy atom. The van der Waals surface area contributed by atoms with Crippen LogP contribution in [0.25, 0.3) is 0 Å². The summed E-state index contributed by atoms with van der Waals surface area (Å²) in [5.41, 5.74) is 3.01. The molecule has 0 fully saturated rings. The Bertz CT molecular complexity index is 772. The van der Waals surface area contributed by atoms with Gasteiger partial charge in [0.2, 0.25) is 0 Å². The molecule has 0 atom stereocenters. The maximum atomic E-state index is 12.2. The van der Waals surface area contributed by atoms with E-state index in [0.717, 1.165) is 24.2 Å². The Morgan fingerprint density at radius 1 is 1.04 bits per heavy atom. The quantitative estimate of drug-likeness (QED) is 0.390. The normalized spacial score (nSPS) is 11.1. The Hall–Kier alpha value is -2.82. The van der Waals surface area contributed by atoms with Crippen LogP contribution in [-0.4, -0.2) is 25.8 Å². The Morgan fingerprint density at radius 3 is 2.44 bits per heavy atom. The van der Waals surface area contributed by atoms with Crippen molar-refractivity contribution in [3.05, 3.63) is 65.2 Å². The lowest BCUT2D eigenvalue weighted by Gasteiger charge is -2.14. The SMILES string of the molecule is CCCCCc1ccccc1OCc1ccccc1/C(=N/OC)C(=O)NC. The second-order valence-electron chi connectivity index (χ2n) is 6.21.